The molecule has 8 heteroatoms. The summed E-state index contributed by atoms with van der Waals surface area (Å²) in [6.07, 6.45) is 1.77. The summed E-state index contributed by atoms with van der Waals surface area (Å²) in [4.78, 5) is 30.0. The molecule has 7 nitrogen and oxygen atoms in total. The number of amides is 1. The number of ether oxygens (including phenoxy) is 1. The Hall–Kier alpha value is -2.19. The number of piperazine rings is 1. The summed E-state index contributed by atoms with van der Waals surface area (Å²) in [6.45, 7) is 5.77. The summed E-state index contributed by atoms with van der Waals surface area (Å²) in [5, 5.41) is 9.27. The van der Waals surface area contributed by atoms with Gasteiger partial charge in [-0.05, 0) is 55.5 Å². The summed E-state index contributed by atoms with van der Waals surface area (Å²) < 4.78 is 18.1. The number of carboxylic acids is 1. The molecule has 0 bridgehead atoms. The Morgan fingerprint density at radius 3 is 2.43 bits per heavy atom. The van der Waals surface area contributed by atoms with Crippen LogP contribution in [0, 0.1) is 17.7 Å². The van der Waals surface area contributed by atoms with E-state index in [0.29, 0.717) is 13.1 Å². The lowest BCUT2D eigenvalue weighted by Crippen LogP contribution is -2.49. The summed E-state index contributed by atoms with van der Waals surface area (Å²) in [6, 6.07) is 6.61. The van der Waals surface area contributed by atoms with Crippen molar-refractivity contribution in [2.45, 2.75) is 19.3 Å². The fraction of sp³-hybridized carbons (Fsp3) is 0.636. The number of nitrogens with zero attached hydrogens (tertiary/aromatic N) is 3. The van der Waals surface area contributed by atoms with Crippen LogP contribution >= 0.6 is 0 Å². The smallest absolute Gasteiger partial charge is 0.303 e. The van der Waals surface area contributed by atoms with Gasteiger partial charge in [0.1, 0.15) is 12.4 Å². The number of aliphatic carboxylic acids is 1. The molecular formula is C22H32FN3O4. The van der Waals surface area contributed by atoms with Crippen LogP contribution in [0.5, 0.6) is 0 Å². The van der Waals surface area contributed by atoms with Crippen molar-refractivity contribution in [1.29, 1.82) is 0 Å². The van der Waals surface area contributed by atoms with Gasteiger partial charge in [0.25, 0.3) is 0 Å². The van der Waals surface area contributed by atoms with Crippen LogP contribution in [0.15, 0.2) is 24.3 Å². The van der Waals surface area contributed by atoms with Crippen LogP contribution in [0.3, 0.4) is 0 Å². The second-order valence-corrected chi connectivity index (χ2v) is 8.27. The van der Waals surface area contributed by atoms with E-state index in [-0.39, 0.29) is 36.6 Å². The molecule has 0 aliphatic carbocycles. The standard InChI is InChI=1S/C22H32FN3O4/c1-30-16-21(27)26-9-7-17(14-22(28)29)18(15-26)6-8-24-10-12-25(13-11-24)20-4-2-19(23)3-5-20/h2-5,17-18H,6-16H2,1H3,(H,28,29). The molecule has 2 heterocycles. The monoisotopic (exact) mass is 421 g/mol. The van der Waals surface area contributed by atoms with E-state index in [1.54, 1.807) is 0 Å². The number of hydrogen-bond acceptors (Lipinski definition) is 5. The molecule has 2 aliphatic rings. The number of carbonyl (C=O) groups is 2. The molecule has 166 valence electrons. The maximum absolute atomic E-state index is 13.1. The molecule has 2 saturated heterocycles. The lowest BCUT2D eigenvalue weighted by molar-refractivity contribution is -0.141. The molecule has 30 heavy (non-hydrogen) atoms. The van der Waals surface area contributed by atoms with Gasteiger partial charge in [0.05, 0.1) is 0 Å². The summed E-state index contributed by atoms with van der Waals surface area (Å²) in [5.41, 5.74) is 1.04. The number of carbonyl (C=O) groups excluding carboxylic acids is 1. The van der Waals surface area contributed by atoms with Crippen LogP contribution in [-0.4, -0.2) is 86.3 Å². The minimum absolute atomic E-state index is 0.0239. The molecule has 1 aromatic carbocycles. The number of rotatable bonds is 8. The Balaban J connectivity index is 1.50. The first-order valence-electron chi connectivity index (χ1n) is 10.7. The van der Waals surface area contributed by atoms with E-state index < -0.39 is 5.97 Å². The minimum Gasteiger partial charge on any atom is -0.481 e. The highest BCUT2D eigenvalue weighted by molar-refractivity contribution is 5.77. The quantitative estimate of drug-likeness (QED) is 0.692. The minimum atomic E-state index is -0.769. The Bertz CT molecular complexity index is 707. The average molecular weight is 422 g/mol. The first kappa shape index (κ1) is 22.5. The van der Waals surface area contributed by atoms with Crippen LogP contribution < -0.4 is 4.90 Å². The van der Waals surface area contributed by atoms with Crippen molar-refractivity contribution in [2.75, 3.05) is 64.4 Å². The maximum Gasteiger partial charge on any atom is 0.303 e. The maximum atomic E-state index is 13.1. The van der Waals surface area contributed by atoms with Gasteiger partial charge >= 0.3 is 5.97 Å². The van der Waals surface area contributed by atoms with Gasteiger partial charge in [0.15, 0.2) is 0 Å². The lowest BCUT2D eigenvalue weighted by Gasteiger charge is -2.40. The number of benzene rings is 1. The molecule has 1 aromatic rings. The predicted molar refractivity (Wildman–Crippen MR) is 112 cm³/mol. The fourth-order valence-corrected chi connectivity index (χ4v) is 4.57. The first-order chi connectivity index (χ1) is 14.5. The van der Waals surface area contributed by atoms with Crippen molar-refractivity contribution in [1.82, 2.24) is 9.80 Å². The van der Waals surface area contributed by atoms with Crippen molar-refractivity contribution in [3.05, 3.63) is 30.1 Å². The van der Waals surface area contributed by atoms with Crippen LogP contribution in [0.4, 0.5) is 10.1 Å². The van der Waals surface area contributed by atoms with Crippen LogP contribution in [0.1, 0.15) is 19.3 Å². The van der Waals surface area contributed by atoms with Gasteiger partial charge in [-0.2, -0.15) is 0 Å². The van der Waals surface area contributed by atoms with Gasteiger partial charge in [-0.3, -0.25) is 14.5 Å². The third kappa shape index (κ3) is 6.15. The number of methoxy groups -OCH3 is 1. The zero-order chi connectivity index (χ0) is 21.5. The Labute approximate surface area is 177 Å². The van der Waals surface area contributed by atoms with Gasteiger partial charge < -0.3 is 19.6 Å². The third-order valence-corrected chi connectivity index (χ3v) is 6.33. The van der Waals surface area contributed by atoms with Crippen molar-refractivity contribution in [3.8, 4) is 0 Å². The second-order valence-electron chi connectivity index (χ2n) is 8.27. The molecule has 3 rings (SSSR count). The van der Waals surface area contributed by atoms with Crippen molar-refractivity contribution in [2.24, 2.45) is 11.8 Å². The zero-order valence-corrected chi connectivity index (χ0v) is 17.6. The number of halogens is 1. The highest BCUT2D eigenvalue weighted by Crippen LogP contribution is 2.30. The highest BCUT2D eigenvalue weighted by atomic mass is 19.1. The van der Waals surface area contributed by atoms with Crippen LogP contribution in [0.2, 0.25) is 0 Å². The fourth-order valence-electron chi connectivity index (χ4n) is 4.57. The first-order valence-corrected chi connectivity index (χ1v) is 10.7. The van der Waals surface area contributed by atoms with Gasteiger partial charge in [-0.15, -0.1) is 0 Å². The lowest BCUT2D eigenvalue weighted by atomic mass is 9.81. The SMILES string of the molecule is COCC(=O)N1CCC(CC(=O)O)C(CCN2CCN(c3ccc(F)cc3)CC2)C1. The number of piperidine rings is 1. The molecule has 2 fully saturated rings. The van der Waals surface area contributed by atoms with E-state index in [1.807, 2.05) is 17.0 Å². The topological polar surface area (TPSA) is 73.3 Å². The summed E-state index contributed by atoms with van der Waals surface area (Å²) in [5.74, 6) is -0.724. The Morgan fingerprint density at radius 1 is 1.10 bits per heavy atom. The van der Waals surface area contributed by atoms with E-state index in [2.05, 4.69) is 9.80 Å². The molecule has 0 radical (unpaired) electrons. The number of carboxylic acid groups (broad SMARTS) is 1. The van der Waals surface area contributed by atoms with Gasteiger partial charge in [0, 0.05) is 58.5 Å². The van der Waals surface area contributed by atoms with Crippen LogP contribution in [-0.2, 0) is 14.3 Å². The van der Waals surface area contributed by atoms with Crippen molar-refractivity contribution in [3.63, 3.8) is 0 Å². The number of anilines is 1. The molecule has 1 N–H and O–H groups in total. The van der Waals surface area contributed by atoms with Crippen molar-refractivity contribution < 1.29 is 23.8 Å². The van der Waals surface area contributed by atoms with Crippen molar-refractivity contribution >= 4 is 17.6 Å². The average Bonchev–Trinajstić information content (AvgIpc) is 2.74. The van der Waals surface area contributed by atoms with E-state index >= 15 is 0 Å². The molecule has 0 aromatic heterocycles. The number of likely N-dealkylation sites (tertiary alicyclic amines) is 1. The van der Waals surface area contributed by atoms with Gasteiger partial charge in [-0.1, -0.05) is 0 Å². The van der Waals surface area contributed by atoms with Gasteiger partial charge in [0.2, 0.25) is 5.91 Å². The van der Waals surface area contributed by atoms with E-state index in [0.717, 1.165) is 51.3 Å². The normalized spacial score (nSPS) is 22.9. The largest absolute Gasteiger partial charge is 0.481 e. The van der Waals surface area contributed by atoms with E-state index in [9.17, 15) is 19.1 Å². The molecule has 2 aliphatic heterocycles. The molecule has 2 atom stereocenters. The summed E-state index contributed by atoms with van der Waals surface area (Å²) >= 11 is 0. The molecule has 1 amide bonds. The molecular weight excluding hydrogens is 389 g/mol. The predicted octanol–water partition coefficient (Wildman–Crippen LogP) is 1.92. The third-order valence-electron chi connectivity index (χ3n) is 6.33. The Kier molecular flexibility index (Phi) is 8.04. The second kappa shape index (κ2) is 10.7. The van der Waals surface area contributed by atoms with E-state index in [1.165, 1.54) is 19.2 Å². The van der Waals surface area contributed by atoms with E-state index in [4.69, 9.17) is 4.74 Å². The van der Waals surface area contributed by atoms with Gasteiger partial charge in [-0.25, -0.2) is 4.39 Å². The molecule has 0 saturated carbocycles. The molecule has 0 spiro atoms. The zero-order valence-electron chi connectivity index (χ0n) is 17.6. The summed E-state index contributed by atoms with van der Waals surface area (Å²) in [7, 11) is 1.51. The Morgan fingerprint density at radius 2 is 1.80 bits per heavy atom. The van der Waals surface area contributed by atoms with Crippen LogP contribution in [0.25, 0.3) is 0 Å². The highest BCUT2D eigenvalue weighted by Gasteiger charge is 2.33. The molecule has 2 unspecified atom stereocenters. The number of hydrogen-bond donors (Lipinski definition) is 1.